The van der Waals surface area contributed by atoms with E-state index in [0.717, 1.165) is 11.1 Å². The molecular weight excluding hydrogens is 482 g/mol. The van der Waals surface area contributed by atoms with Gasteiger partial charge in [-0.2, -0.15) is 0 Å². The van der Waals surface area contributed by atoms with E-state index in [-0.39, 0.29) is 18.3 Å². The molecular formula is C31H35NO6. The average molecular weight is 518 g/mol. The van der Waals surface area contributed by atoms with Crippen molar-refractivity contribution in [3.05, 3.63) is 84.4 Å². The Morgan fingerprint density at radius 3 is 2.05 bits per heavy atom. The number of ether oxygens (including phenoxy) is 3. The van der Waals surface area contributed by atoms with Crippen LogP contribution in [-0.2, 0) is 14.3 Å². The molecule has 3 aromatic carbocycles. The van der Waals surface area contributed by atoms with Crippen LogP contribution in [0, 0.1) is 0 Å². The molecule has 1 N–H and O–H groups in total. The van der Waals surface area contributed by atoms with E-state index in [1.807, 2.05) is 49.4 Å². The Kier molecular flexibility index (Phi) is 10.0. The van der Waals surface area contributed by atoms with E-state index in [1.165, 1.54) is 7.11 Å². The van der Waals surface area contributed by atoms with E-state index in [4.69, 9.17) is 14.2 Å². The quantitative estimate of drug-likeness (QED) is 0.296. The van der Waals surface area contributed by atoms with E-state index >= 15 is 0 Å². The molecule has 0 saturated carbocycles. The Balaban J connectivity index is 1.57. The summed E-state index contributed by atoms with van der Waals surface area (Å²) in [6.07, 6.45) is 1.40. The molecule has 3 rings (SSSR count). The maximum absolute atomic E-state index is 12.9. The van der Waals surface area contributed by atoms with Gasteiger partial charge >= 0.3 is 5.97 Å². The number of carbonyl (C=O) groups excluding carboxylic acids is 3. The molecule has 38 heavy (non-hydrogen) atoms. The fourth-order valence-corrected chi connectivity index (χ4v) is 3.90. The van der Waals surface area contributed by atoms with Crippen molar-refractivity contribution in [3.63, 3.8) is 0 Å². The number of benzene rings is 3. The van der Waals surface area contributed by atoms with Crippen molar-refractivity contribution in [2.45, 2.75) is 51.7 Å². The van der Waals surface area contributed by atoms with Crippen LogP contribution in [0.3, 0.4) is 0 Å². The minimum Gasteiger partial charge on any atom is -0.493 e. The molecule has 1 atom stereocenters. The van der Waals surface area contributed by atoms with Gasteiger partial charge < -0.3 is 19.5 Å². The summed E-state index contributed by atoms with van der Waals surface area (Å²) in [4.78, 5) is 37.5. The molecule has 0 aliphatic rings. The first kappa shape index (κ1) is 28.4. The first-order valence-electron chi connectivity index (χ1n) is 12.7. The summed E-state index contributed by atoms with van der Waals surface area (Å²) in [7, 11) is 1.31. The van der Waals surface area contributed by atoms with E-state index < -0.39 is 17.6 Å². The molecule has 0 spiro atoms. The van der Waals surface area contributed by atoms with Gasteiger partial charge in [-0.3, -0.25) is 9.59 Å². The monoisotopic (exact) mass is 517 g/mol. The Morgan fingerprint density at radius 2 is 1.45 bits per heavy atom. The first-order chi connectivity index (χ1) is 18.2. The number of Topliss-reactive ketones (excluding diaryl/α,β-unsaturated/α-hetero) is 1. The second-order valence-electron chi connectivity index (χ2n) is 9.40. The van der Waals surface area contributed by atoms with Gasteiger partial charge in [0.2, 0.25) is 0 Å². The predicted molar refractivity (Wildman–Crippen MR) is 146 cm³/mol. The second-order valence-corrected chi connectivity index (χ2v) is 9.40. The van der Waals surface area contributed by atoms with Gasteiger partial charge in [-0.25, -0.2) is 4.79 Å². The number of methoxy groups -OCH3 is 1. The van der Waals surface area contributed by atoms with E-state index in [2.05, 4.69) is 5.32 Å². The van der Waals surface area contributed by atoms with E-state index in [1.54, 1.807) is 50.2 Å². The molecule has 7 heteroatoms. The van der Waals surface area contributed by atoms with Gasteiger partial charge in [0.1, 0.15) is 11.5 Å². The van der Waals surface area contributed by atoms with Crippen LogP contribution in [0.5, 0.6) is 11.5 Å². The predicted octanol–water partition coefficient (Wildman–Crippen LogP) is 5.62. The lowest BCUT2D eigenvalue weighted by molar-refractivity contribution is -0.156. The highest BCUT2D eigenvalue weighted by atomic mass is 16.6. The first-order valence-corrected chi connectivity index (χ1v) is 12.7. The van der Waals surface area contributed by atoms with Crippen molar-refractivity contribution in [3.8, 4) is 22.6 Å². The number of hydrogen-bond acceptors (Lipinski definition) is 6. The summed E-state index contributed by atoms with van der Waals surface area (Å²) in [5.74, 6) is 0.273. The molecule has 200 valence electrons. The summed E-state index contributed by atoms with van der Waals surface area (Å²) in [5, 5.41) is 2.88. The van der Waals surface area contributed by atoms with Crippen LogP contribution >= 0.6 is 0 Å². The normalized spacial score (nSPS) is 11.8. The summed E-state index contributed by atoms with van der Waals surface area (Å²) in [6, 6.07) is 23.4. The van der Waals surface area contributed by atoms with Crippen LogP contribution in [0.1, 0.15) is 50.4 Å². The van der Waals surface area contributed by atoms with Crippen LogP contribution in [0.25, 0.3) is 11.1 Å². The average Bonchev–Trinajstić information content (AvgIpc) is 2.93. The Hall–Kier alpha value is -4.13. The van der Waals surface area contributed by atoms with Gasteiger partial charge in [-0.1, -0.05) is 49.4 Å². The lowest BCUT2D eigenvalue weighted by atomic mass is 10.0. The molecule has 0 aliphatic heterocycles. The summed E-state index contributed by atoms with van der Waals surface area (Å²) >= 11 is 0. The fourth-order valence-electron chi connectivity index (χ4n) is 3.90. The minimum atomic E-state index is -1.12. The minimum absolute atomic E-state index is 0.0286. The maximum atomic E-state index is 12.9. The third-order valence-corrected chi connectivity index (χ3v) is 5.99. The lowest BCUT2D eigenvalue weighted by Crippen LogP contribution is -2.41. The number of nitrogens with one attached hydrogen (secondary N) is 1. The molecule has 3 aromatic rings. The van der Waals surface area contributed by atoms with Gasteiger partial charge in [0.25, 0.3) is 5.91 Å². The topological polar surface area (TPSA) is 90.9 Å². The zero-order chi connectivity index (χ0) is 27.5. The fraction of sp³-hybridized carbons (Fsp3) is 0.323. The van der Waals surface area contributed by atoms with Crippen molar-refractivity contribution in [1.82, 2.24) is 5.32 Å². The Labute approximate surface area is 224 Å². The smallest absolute Gasteiger partial charge is 0.349 e. The van der Waals surface area contributed by atoms with Crippen LogP contribution in [0.2, 0.25) is 0 Å². The van der Waals surface area contributed by atoms with Crippen molar-refractivity contribution < 1.29 is 28.6 Å². The number of ketones is 1. The van der Waals surface area contributed by atoms with Gasteiger partial charge in [0, 0.05) is 18.4 Å². The molecule has 0 bridgehead atoms. The molecule has 7 nitrogen and oxygen atoms in total. The highest BCUT2D eigenvalue weighted by Crippen LogP contribution is 2.23. The maximum Gasteiger partial charge on any atom is 0.349 e. The van der Waals surface area contributed by atoms with Crippen LogP contribution in [-0.4, -0.2) is 43.0 Å². The SMILES string of the molecule is CCCC(=O)C(CCOc1ccc(OC(C)(C)C(=O)OC)cc1)NC(=O)c1ccc(-c2ccccc2)cc1. The third kappa shape index (κ3) is 7.93. The summed E-state index contributed by atoms with van der Waals surface area (Å²) in [5.41, 5.74) is 1.45. The zero-order valence-corrected chi connectivity index (χ0v) is 22.4. The van der Waals surface area contributed by atoms with Crippen molar-refractivity contribution >= 4 is 17.7 Å². The molecule has 1 unspecified atom stereocenters. The molecule has 1 amide bonds. The van der Waals surface area contributed by atoms with E-state index in [9.17, 15) is 14.4 Å². The van der Waals surface area contributed by atoms with Crippen LogP contribution in [0.15, 0.2) is 78.9 Å². The van der Waals surface area contributed by atoms with Crippen molar-refractivity contribution in [2.24, 2.45) is 0 Å². The van der Waals surface area contributed by atoms with Crippen molar-refractivity contribution in [2.75, 3.05) is 13.7 Å². The largest absolute Gasteiger partial charge is 0.493 e. The number of amides is 1. The summed E-state index contributed by atoms with van der Waals surface area (Å²) < 4.78 is 16.3. The standard InChI is InChI=1S/C31H35NO6/c1-5-9-28(33)27(32-29(34)24-14-12-23(13-15-24)22-10-7-6-8-11-22)20-21-37-25-16-18-26(19-17-25)38-31(2,3)30(35)36-4/h6-8,10-19,27H,5,9,20-21H2,1-4H3,(H,32,34). The third-order valence-electron chi connectivity index (χ3n) is 5.99. The Morgan fingerprint density at radius 1 is 0.842 bits per heavy atom. The van der Waals surface area contributed by atoms with Gasteiger partial charge in [0.15, 0.2) is 11.4 Å². The van der Waals surface area contributed by atoms with Crippen LogP contribution < -0.4 is 14.8 Å². The molecule has 0 radical (unpaired) electrons. The van der Waals surface area contributed by atoms with Gasteiger partial charge in [-0.05, 0) is 67.8 Å². The van der Waals surface area contributed by atoms with Crippen LogP contribution in [0.4, 0.5) is 0 Å². The molecule has 0 aromatic heterocycles. The highest BCUT2D eigenvalue weighted by Gasteiger charge is 2.31. The molecule has 0 fully saturated rings. The Bertz CT molecular complexity index is 1200. The highest BCUT2D eigenvalue weighted by molar-refractivity contribution is 5.98. The molecule has 0 heterocycles. The number of carbonyl (C=O) groups is 3. The number of rotatable bonds is 13. The zero-order valence-electron chi connectivity index (χ0n) is 22.4. The van der Waals surface area contributed by atoms with Crippen molar-refractivity contribution in [1.29, 1.82) is 0 Å². The van der Waals surface area contributed by atoms with Gasteiger partial charge in [-0.15, -0.1) is 0 Å². The number of hydrogen-bond donors (Lipinski definition) is 1. The molecule has 0 aliphatic carbocycles. The number of esters is 1. The summed E-state index contributed by atoms with van der Waals surface area (Å²) in [6.45, 7) is 5.42. The lowest BCUT2D eigenvalue weighted by Gasteiger charge is -2.23. The molecule has 0 saturated heterocycles. The van der Waals surface area contributed by atoms with Gasteiger partial charge in [0.05, 0.1) is 19.8 Å². The van der Waals surface area contributed by atoms with E-state index in [0.29, 0.717) is 36.3 Å². The second kappa shape index (κ2) is 13.4.